The van der Waals surface area contributed by atoms with E-state index in [1.807, 2.05) is 18.3 Å². The molecule has 0 amide bonds. The molecular weight excluding hydrogens is 408 g/mol. The number of nitrogens with one attached hydrogen (secondary N) is 2. The van der Waals surface area contributed by atoms with Gasteiger partial charge in [-0.2, -0.15) is 0 Å². The Balaban J connectivity index is 1.54. The van der Waals surface area contributed by atoms with E-state index in [0.717, 1.165) is 60.5 Å². The average molecular weight is 439 g/mol. The van der Waals surface area contributed by atoms with Gasteiger partial charge in [-0.1, -0.05) is 60.7 Å². The molecular formula is C27H30N6. The van der Waals surface area contributed by atoms with Gasteiger partial charge >= 0.3 is 0 Å². The first-order valence-electron chi connectivity index (χ1n) is 11.6. The van der Waals surface area contributed by atoms with E-state index in [0.29, 0.717) is 0 Å². The summed E-state index contributed by atoms with van der Waals surface area (Å²) in [6.45, 7) is 6.02. The van der Waals surface area contributed by atoms with E-state index in [2.05, 4.69) is 99.7 Å². The van der Waals surface area contributed by atoms with Gasteiger partial charge in [-0.3, -0.25) is 0 Å². The first-order valence-corrected chi connectivity index (χ1v) is 11.6. The van der Waals surface area contributed by atoms with Crippen LogP contribution in [0.4, 0.5) is 11.8 Å². The van der Waals surface area contributed by atoms with Gasteiger partial charge in [0.15, 0.2) is 0 Å². The monoisotopic (exact) mass is 438 g/mol. The fourth-order valence-corrected chi connectivity index (χ4v) is 4.47. The van der Waals surface area contributed by atoms with Crippen LogP contribution < -0.4 is 15.5 Å². The maximum absolute atomic E-state index is 5.14. The predicted octanol–water partition coefficient (Wildman–Crippen LogP) is 4.73. The highest BCUT2D eigenvalue weighted by Gasteiger charge is 2.23. The third-order valence-electron chi connectivity index (χ3n) is 6.22. The molecule has 2 aromatic heterocycles. The third kappa shape index (κ3) is 4.47. The zero-order valence-corrected chi connectivity index (χ0v) is 19.2. The number of benzene rings is 2. The maximum atomic E-state index is 5.14. The number of nitrogens with zero attached hydrogens (tertiary/aromatic N) is 4. The Morgan fingerprint density at radius 1 is 0.909 bits per heavy atom. The Kier molecular flexibility index (Phi) is 6.09. The van der Waals surface area contributed by atoms with Crippen molar-refractivity contribution in [1.82, 2.24) is 19.9 Å². The normalized spacial score (nSPS) is 14.8. The van der Waals surface area contributed by atoms with E-state index in [-0.39, 0.29) is 6.04 Å². The second-order valence-electron chi connectivity index (χ2n) is 8.48. The molecule has 3 heterocycles. The molecule has 6 heteroatoms. The number of aromatic nitrogens is 3. The molecule has 4 aromatic rings. The molecule has 168 valence electrons. The molecule has 1 saturated heterocycles. The molecule has 2 N–H and O–H groups in total. The van der Waals surface area contributed by atoms with Crippen LogP contribution in [0.25, 0.3) is 22.5 Å². The summed E-state index contributed by atoms with van der Waals surface area (Å²) in [5, 5.41) is 6.99. The topological polar surface area (TPSA) is 58.0 Å². The van der Waals surface area contributed by atoms with E-state index in [1.165, 1.54) is 5.56 Å². The highest BCUT2D eigenvalue weighted by atomic mass is 15.3. The summed E-state index contributed by atoms with van der Waals surface area (Å²) >= 11 is 0. The lowest BCUT2D eigenvalue weighted by molar-refractivity contribution is 0.574. The maximum Gasteiger partial charge on any atom is 0.206 e. The Hall–Kier alpha value is -3.64. The molecule has 33 heavy (non-hydrogen) atoms. The lowest BCUT2D eigenvalue weighted by Crippen LogP contribution is -2.44. The van der Waals surface area contributed by atoms with Gasteiger partial charge in [0, 0.05) is 56.6 Å². The number of piperazine rings is 1. The second-order valence-corrected chi connectivity index (χ2v) is 8.48. The van der Waals surface area contributed by atoms with Crippen LogP contribution in [0, 0.1) is 0 Å². The molecule has 0 aliphatic carbocycles. The van der Waals surface area contributed by atoms with Crippen molar-refractivity contribution in [3.8, 4) is 22.5 Å². The molecule has 0 radical (unpaired) electrons. The largest absolute Gasteiger partial charge is 0.364 e. The van der Waals surface area contributed by atoms with Crippen molar-refractivity contribution in [3.05, 3.63) is 84.6 Å². The molecule has 1 aliphatic rings. The Morgan fingerprint density at radius 2 is 1.61 bits per heavy atom. The van der Waals surface area contributed by atoms with Crippen molar-refractivity contribution in [3.63, 3.8) is 0 Å². The molecule has 1 aliphatic heterocycles. The summed E-state index contributed by atoms with van der Waals surface area (Å²) in [4.78, 5) is 12.1. The van der Waals surface area contributed by atoms with E-state index in [1.54, 1.807) is 0 Å². The van der Waals surface area contributed by atoms with Crippen molar-refractivity contribution < 1.29 is 0 Å². The minimum atomic E-state index is 0.158. The molecule has 2 aromatic carbocycles. The minimum absolute atomic E-state index is 0.158. The molecule has 6 nitrogen and oxygen atoms in total. The lowest BCUT2D eigenvalue weighted by Gasteiger charge is -2.28. The predicted molar refractivity (Wildman–Crippen MR) is 135 cm³/mol. The Bertz CT molecular complexity index is 1200. The quantitative estimate of drug-likeness (QED) is 0.456. The summed E-state index contributed by atoms with van der Waals surface area (Å²) in [7, 11) is 2.12. The van der Waals surface area contributed by atoms with Crippen LogP contribution in [0.2, 0.25) is 0 Å². The Labute approximate surface area is 195 Å². The van der Waals surface area contributed by atoms with Crippen molar-refractivity contribution in [2.75, 3.05) is 36.4 Å². The van der Waals surface area contributed by atoms with Crippen LogP contribution in [-0.4, -0.2) is 40.7 Å². The SMILES string of the molecule is C[C@@H](Nc1cc(-c2c(-c3ccccc3)nc(N3CCNCC3)n2C)ccn1)c1ccccc1. The minimum Gasteiger partial charge on any atom is -0.364 e. The van der Waals surface area contributed by atoms with Gasteiger partial charge in [0.1, 0.15) is 5.82 Å². The number of imidazole rings is 1. The molecule has 0 unspecified atom stereocenters. The van der Waals surface area contributed by atoms with E-state index < -0.39 is 0 Å². The number of anilines is 2. The first-order chi connectivity index (χ1) is 16.2. The van der Waals surface area contributed by atoms with Crippen LogP contribution >= 0.6 is 0 Å². The zero-order valence-electron chi connectivity index (χ0n) is 19.2. The summed E-state index contributed by atoms with van der Waals surface area (Å²) in [6, 6.07) is 25.2. The highest BCUT2D eigenvalue weighted by Crippen LogP contribution is 2.36. The van der Waals surface area contributed by atoms with Gasteiger partial charge in [0.05, 0.1) is 11.4 Å². The van der Waals surface area contributed by atoms with Crippen LogP contribution in [-0.2, 0) is 7.05 Å². The van der Waals surface area contributed by atoms with Crippen LogP contribution in [0.5, 0.6) is 0 Å². The smallest absolute Gasteiger partial charge is 0.206 e. The first kappa shape index (κ1) is 21.2. The lowest BCUT2D eigenvalue weighted by atomic mass is 10.1. The van der Waals surface area contributed by atoms with Gasteiger partial charge in [-0.15, -0.1) is 0 Å². The number of hydrogen-bond acceptors (Lipinski definition) is 5. The van der Waals surface area contributed by atoms with Crippen LogP contribution in [0.15, 0.2) is 79.0 Å². The van der Waals surface area contributed by atoms with Crippen molar-refractivity contribution >= 4 is 11.8 Å². The van der Waals surface area contributed by atoms with Crippen LogP contribution in [0.3, 0.4) is 0 Å². The summed E-state index contributed by atoms with van der Waals surface area (Å²) in [6.07, 6.45) is 1.88. The molecule has 1 fully saturated rings. The third-order valence-corrected chi connectivity index (χ3v) is 6.22. The van der Waals surface area contributed by atoms with Crippen LogP contribution in [0.1, 0.15) is 18.5 Å². The van der Waals surface area contributed by atoms with E-state index in [4.69, 9.17) is 4.98 Å². The van der Waals surface area contributed by atoms with Gasteiger partial charge < -0.3 is 20.1 Å². The van der Waals surface area contributed by atoms with Gasteiger partial charge in [-0.25, -0.2) is 9.97 Å². The zero-order chi connectivity index (χ0) is 22.6. The fourth-order valence-electron chi connectivity index (χ4n) is 4.47. The average Bonchev–Trinajstić information content (AvgIpc) is 3.23. The number of hydrogen-bond donors (Lipinski definition) is 2. The molecule has 0 saturated carbocycles. The fraction of sp³-hybridized carbons (Fsp3) is 0.259. The van der Waals surface area contributed by atoms with Crippen molar-refractivity contribution in [1.29, 1.82) is 0 Å². The standard InChI is InChI=1S/C27H30N6/c1-20(21-9-5-3-6-10-21)30-24-19-23(13-14-29-24)26-25(22-11-7-4-8-12-22)31-27(32(26)2)33-17-15-28-16-18-33/h3-14,19-20,28H,15-18H2,1-2H3,(H,29,30)/t20-/m1/s1. The molecule has 1 atom stereocenters. The highest BCUT2D eigenvalue weighted by molar-refractivity contribution is 5.81. The summed E-state index contributed by atoms with van der Waals surface area (Å²) in [5.74, 6) is 1.86. The molecule has 0 spiro atoms. The summed E-state index contributed by atoms with van der Waals surface area (Å²) in [5.41, 5.74) is 5.56. The van der Waals surface area contributed by atoms with E-state index >= 15 is 0 Å². The molecule has 5 rings (SSSR count). The van der Waals surface area contributed by atoms with Crippen molar-refractivity contribution in [2.45, 2.75) is 13.0 Å². The second kappa shape index (κ2) is 9.46. The van der Waals surface area contributed by atoms with E-state index in [9.17, 15) is 0 Å². The number of rotatable bonds is 6. The van der Waals surface area contributed by atoms with Gasteiger partial charge in [0.25, 0.3) is 0 Å². The van der Waals surface area contributed by atoms with Gasteiger partial charge in [-0.05, 0) is 24.6 Å². The molecule has 0 bridgehead atoms. The number of pyridine rings is 1. The van der Waals surface area contributed by atoms with Crippen molar-refractivity contribution in [2.24, 2.45) is 7.05 Å². The summed E-state index contributed by atoms with van der Waals surface area (Å²) < 4.78 is 2.23. The van der Waals surface area contributed by atoms with Gasteiger partial charge in [0.2, 0.25) is 5.95 Å². The Morgan fingerprint density at radius 3 is 2.33 bits per heavy atom.